The van der Waals surface area contributed by atoms with Crippen molar-refractivity contribution in [3.63, 3.8) is 0 Å². The zero-order valence-electron chi connectivity index (χ0n) is 12.2. The molecule has 3 rings (SSSR count). The lowest BCUT2D eigenvalue weighted by Gasteiger charge is -2.09. The van der Waals surface area contributed by atoms with E-state index in [1.54, 1.807) is 19.2 Å². The quantitative estimate of drug-likeness (QED) is 0.799. The molecule has 5 nitrogen and oxygen atoms in total. The third-order valence-electron chi connectivity index (χ3n) is 3.69. The average molecular weight is 332 g/mol. The van der Waals surface area contributed by atoms with E-state index in [1.807, 2.05) is 0 Å². The smallest absolute Gasteiger partial charge is 0.290 e. The molecule has 23 heavy (non-hydrogen) atoms. The van der Waals surface area contributed by atoms with Crippen LogP contribution in [-0.2, 0) is 20.4 Å². The molecular weight excluding hydrogens is 319 g/mol. The van der Waals surface area contributed by atoms with Crippen LogP contribution in [0.25, 0.3) is 0 Å². The van der Waals surface area contributed by atoms with Gasteiger partial charge in [0, 0.05) is 24.7 Å². The minimum absolute atomic E-state index is 0.297. The molecule has 2 atom stereocenters. The number of benzene rings is 1. The van der Waals surface area contributed by atoms with Crippen molar-refractivity contribution < 1.29 is 18.2 Å². The summed E-state index contributed by atoms with van der Waals surface area (Å²) in [6.07, 6.45) is 1.42. The fraction of sp³-hybridized carbons (Fsp3) is 0.188. The van der Waals surface area contributed by atoms with E-state index in [2.05, 4.69) is 4.98 Å². The van der Waals surface area contributed by atoms with Gasteiger partial charge in [-0.15, -0.1) is 0 Å². The molecule has 1 fully saturated rings. The molecule has 0 aliphatic carbocycles. The zero-order valence-corrected chi connectivity index (χ0v) is 13.0. The van der Waals surface area contributed by atoms with Crippen molar-refractivity contribution >= 4 is 22.5 Å². The number of hydrogen-bond donors (Lipinski definition) is 0. The molecule has 2 aromatic rings. The molecule has 1 aromatic heterocycles. The van der Waals surface area contributed by atoms with Crippen molar-refractivity contribution in [3.8, 4) is 0 Å². The molecule has 0 spiro atoms. The predicted octanol–water partition coefficient (Wildman–Crippen LogP) is 1.51. The molecule has 0 N–H and O–H groups in total. The number of pyridine rings is 1. The Labute approximate surface area is 134 Å². The summed E-state index contributed by atoms with van der Waals surface area (Å²) >= 11 is 0. The Morgan fingerprint density at radius 3 is 2.30 bits per heavy atom. The fourth-order valence-electron chi connectivity index (χ4n) is 2.41. The second-order valence-electron chi connectivity index (χ2n) is 5.24. The van der Waals surface area contributed by atoms with Crippen molar-refractivity contribution in [1.82, 2.24) is 9.88 Å². The van der Waals surface area contributed by atoms with Crippen molar-refractivity contribution in [2.45, 2.75) is 15.7 Å². The van der Waals surface area contributed by atoms with Crippen molar-refractivity contribution in [3.05, 3.63) is 54.1 Å². The summed E-state index contributed by atoms with van der Waals surface area (Å²) in [7, 11) is 0.0886. The Kier molecular flexibility index (Phi) is 4.04. The van der Waals surface area contributed by atoms with Crippen LogP contribution in [0.5, 0.6) is 0 Å². The van der Waals surface area contributed by atoms with Gasteiger partial charge in [-0.05, 0) is 36.4 Å². The minimum Gasteiger partial charge on any atom is -0.338 e. The molecule has 1 aromatic carbocycles. The first-order valence-corrected chi connectivity index (χ1v) is 8.05. The summed E-state index contributed by atoms with van der Waals surface area (Å²) in [4.78, 5) is 29.9. The number of aromatic nitrogens is 1. The summed E-state index contributed by atoms with van der Waals surface area (Å²) < 4.78 is 25.3. The van der Waals surface area contributed by atoms with Crippen LogP contribution < -0.4 is 0 Å². The summed E-state index contributed by atoms with van der Waals surface area (Å²) in [5, 5.41) is 0. The van der Waals surface area contributed by atoms with Gasteiger partial charge < -0.3 is 4.90 Å². The summed E-state index contributed by atoms with van der Waals surface area (Å²) in [5.74, 6) is -1.98. The number of amides is 1. The molecule has 1 aliphatic rings. The number of ketones is 1. The molecule has 0 saturated carbocycles. The van der Waals surface area contributed by atoms with Gasteiger partial charge in [0.15, 0.2) is 0 Å². The molecule has 2 unspecified atom stereocenters. The molecule has 0 radical (unpaired) electrons. The van der Waals surface area contributed by atoms with Gasteiger partial charge in [0.1, 0.15) is 5.82 Å². The predicted molar refractivity (Wildman–Crippen MR) is 80.7 cm³/mol. The van der Waals surface area contributed by atoms with E-state index in [-0.39, 0.29) is 0 Å². The van der Waals surface area contributed by atoms with Crippen molar-refractivity contribution in [2.75, 3.05) is 13.6 Å². The van der Waals surface area contributed by atoms with E-state index in [4.69, 9.17) is 0 Å². The number of likely N-dealkylation sites (N-methyl/N-ethyl adjacent to an activating group) is 1. The normalized spacial score (nSPS) is 19.2. The van der Waals surface area contributed by atoms with E-state index < -0.39 is 34.2 Å². The van der Waals surface area contributed by atoms with Crippen LogP contribution in [0, 0.1) is 5.82 Å². The van der Waals surface area contributed by atoms with Crippen LogP contribution in [0.4, 0.5) is 4.39 Å². The number of Topliss-reactive ketones (excluding diaryl/α,β-unsaturated/α-hetero) is 1. The van der Waals surface area contributed by atoms with E-state index in [9.17, 15) is 18.2 Å². The van der Waals surface area contributed by atoms with Crippen LogP contribution in [-0.4, -0.2) is 39.4 Å². The van der Waals surface area contributed by atoms with Crippen molar-refractivity contribution in [1.29, 1.82) is 0 Å². The Morgan fingerprint density at radius 1 is 1.13 bits per heavy atom. The Balaban J connectivity index is 1.82. The van der Waals surface area contributed by atoms with Gasteiger partial charge >= 0.3 is 0 Å². The lowest BCUT2D eigenvalue weighted by molar-refractivity contribution is -0.139. The maximum Gasteiger partial charge on any atom is 0.290 e. The average Bonchev–Trinajstić information content (AvgIpc) is 2.83. The topological polar surface area (TPSA) is 67.3 Å². The number of halogens is 1. The Bertz CT molecular complexity index is 790. The number of likely N-dealkylation sites (tertiary alicyclic amines) is 1. The number of carbonyl (C=O) groups is 2. The third kappa shape index (κ3) is 2.92. The van der Waals surface area contributed by atoms with Gasteiger partial charge in [-0.2, -0.15) is 0 Å². The minimum atomic E-state index is -1.48. The second kappa shape index (κ2) is 6.00. The van der Waals surface area contributed by atoms with Crippen LogP contribution in [0.1, 0.15) is 11.6 Å². The van der Waals surface area contributed by atoms with Gasteiger partial charge in [-0.25, -0.2) is 8.60 Å². The Morgan fingerprint density at radius 2 is 1.78 bits per heavy atom. The molecule has 0 bridgehead atoms. The standard InChI is InChI=1S/C16H13FN2O3S/c1-19-9-13(15(20)16(19)21)14-7-6-12(8-18-14)23(22)11-4-2-10(17)3-5-11/h2-8,13H,9H2,1H3. The maximum atomic E-state index is 12.9. The number of carbonyl (C=O) groups excluding carboxylic acids is 2. The van der Waals surface area contributed by atoms with Gasteiger partial charge in [0.05, 0.1) is 27.3 Å². The highest BCUT2D eigenvalue weighted by Crippen LogP contribution is 2.24. The first-order valence-electron chi connectivity index (χ1n) is 6.90. The zero-order chi connectivity index (χ0) is 16.6. The molecule has 7 heteroatoms. The van der Waals surface area contributed by atoms with Gasteiger partial charge in [-0.3, -0.25) is 14.6 Å². The maximum absolute atomic E-state index is 12.9. The fourth-order valence-corrected chi connectivity index (χ4v) is 3.40. The Hall–Kier alpha value is -2.41. The van der Waals surface area contributed by atoms with Gasteiger partial charge in [0.2, 0.25) is 5.78 Å². The SMILES string of the molecule is CN1CC(c2ccc(S(=O)c3ccc(F)cc3)cn2)C(=O)C1=O. The molecule has 1 amide bonds. The van der Waals surface area contributed by atoms with E-state index >= 15 is 0 Å². The number of hydrogen-bond acceptors (Lipinski definition) is 4. The first kappa shape index (κ1) is 15.5. The second-order valence-corrected chi connectivity index (χ2v) is 6.72. The number of rotatable bonds is 3. The highest BCUT2D eigenvalue weighted by atomic mass is 32.2. The summed E-state index contributed by atoms with van der Waals surface area (Å²) in [6.45, 7) is 0.297. The number of nitrogens with zero attached hydrogens (tertiary/aromatic N) is 2. The summed E-state index contributed by atoms with van der Waals surface area (Å²) in [5.41, 5.74) is 0.479. The highest BCUT2D eigenvalue weighted by molar-refractivity contribution is 7.85. The largest absolute Gasteiger partial charge is 0.338 e. The molecule has 1 aliphatic heterocycles. The van der Waals surface area contributed by atoms with Crippen molar-refractivity contribution in [2.24, 2.45) is 0 Å². The van der Waals surface area contributed by atoms with Crippen LogP contribution >= 0.6 is 0 Å². The van der Waals surface area contributed by atoms with E-state index in [0.29, 0.717) is 22.0 Å². The molecule has 118 valence electrons. The van der Waals surface area contributed by atoms with Gasteiger partial charge in [0.25, 0.3) is 5.91 Å². The monoisotopic (exact) mass is 332 g/mol. The van der Waals surface area contributed by atoms with E-state index in [1.165, 1.54) is 35.4 Å². The van der Waals surface area contributed by atoms with Crippen LogP contribution in [0.2, 0.25) is 0 Å². The summed E-state index contributed by atoms with van der Waals surface area (Å²) in [6, 6.07) is 8.60. The lowest BCUT2D eigenvalue weighted by atomic mass is 10.0. The molecule has 1 saturated heterocycles. The highest BCUT2D eigenvalue weighted by Gasteiger charge is 2.38. The van der Waals surface area contributed by atoms with Gasteiger partial charge in [-0.1, -0.05) is 0 Å². The van der Waals surface area contributed by atoms with Crippen LogP contribution in [0.15, 0.2) is 52.4 Å². The molecule has 2 heterocycles. The first-order chi connectivity index (χ1) is 11.0. The third-order valence-corrected chi connectivity index (χ3v) is 5.06. The lowest BCUT2D eigenvalue weighted by Crippen LogP contribution is -2.22. The molecular formula is C16H13FN2O3S. The van der Waals surface area contributed by atoms with E-state index in [0.717, 1.165) is 0 Å². The van der Waals surface area contributed by atoms with Crippen LogP contribution in [0.3, 0.4) is 0 Å².